The fraction of sp³-hybridized carbons (Fsp3) is 0.286. The smallest absolute Gasteiger partial charge is 0.188 e. The molecule has 2 nitrogen and oxygen atoms in total. The highest BCUT2D eigenvalue weighted by atomic mass is 127. The normalized spacial score (nSPS) is 16.5. The van der Waals surface area contributed by atoms with Gasteiger partial charge in [-0.2, -0.15) is 0 Å². The van der Waals surface area contributed by atoms with Crippen LogP contribution in [-0.2, 0) is 9.47 Å². The second-order valence-corrected chi connectivity index (χ2v) is 3.85. The molecule has 0 atom stereocenters. The Morgan fingerprint density at radius 2 is 2.45 bits per heavy atom. The summed E-state index contributed by atoms with van der Waals surface area (Å²) in [7, 11) is 1.51. The van der Waals surface area contributed by atoms with Crippen LogP contribution >= 0.6 is 20.7 Å². The summed E-state index contributed by atoms with van der Waals surface area (Å²) in [5.41, 5.74) is 0. The molecule has 0 aliphatic carbocycles. The van der Waals surface area contributed by atoms with Crippen molar-refractivity contribution in [3.63, 3.8) is 0 Å². The van der Waals surface area contributed by atoms with Crippen LogP contribution in [0.4, 0.5) is 4.39 Å². The predicted molar refractivity (Wildman–Crippen MR) is 50.3 cm³/mol. The molecule has 1 rings (SSSR count). The van der Waals surface area contributed by atoms with Crippen LogP contribution in [0.2, 0.25) is 0 Å². The van der Waals surface area contributed by atoms with E-state index in [-0.39, 0.29) is 33.4 Å². The van der Waals surface area contributed by atoms with Gasteiger partial charge in [-0.05, 0) is 10.2 Å². The second kappa shape index (κ2) is 4.61. The summed E-state index contributed by atoms with van der Waals surface area (Å²) in [6, 6.07) is 0. The lowest BCUT2D eigenvalue weighted by Crippen LogP contribution is -1.99. The summed E-state index contributed by atoms with van der Waals surface area (Å²) in [6.45, 7) is 0.108. The van der Waals surface area contributed by atoms with Gasteiger partial charge in [0.25, 0.3) is 0 Å². The van der Waals surface area contributed by atoms with Gasteiger partial charge in [0.15, 0.2) is 18.4 Å². The van der Waals surface area contributed by atoms with Crippen LogP contribution < -0.4 is 0 Å². The molecule has 11 heavy (non-hydrogen) atoms. The van der Waals surface area contributed by atoms with Crippen molar-refractivity contribution in [2.24, 2.45) is 0 Å². The molecule has 0 radical (unpaired) electrons. The fourth-order valence-corrected chi connectivity index (χ4v) is 2.08. The molecule has 0 aromatic rings. The Hall–Kier alpha value is -0.230. The van der Waals surface area contributed by atoms with E-state index < -0.39 is 0 Å². The molecule has 1 heterocycles. The average Bonchev–Trinajstić information content (AvgIpc) is 2.03. The van der Waals surface area contributed by atoms with Crippen LogP contribution in [0.1, 0.15) is 0 Å². The highest BCUT2D eigenvalue weighted by Crippen LogP contribution is 2.17. The van der Waals surface area contributed by atoms with E-state index >= 15 is 0 Å². The molecule has 0 fully saturated rings. The number of hydrogen-bond donors (Lipinski definition) is 0. The lowest BCUT2D eigenvalue weighted by atomic mass is 10.4. The van der Waals surface area contributed by atoms with Crippen molar-refractivity contribution < 1.29 is 13.9 Å². The van der Waals surface area contributed by atoms with Crippen LogP contribution in [0, 0.1) is 0 Å². The molecule has 1 aliphatic rings. The van der Waals surface area contributed by atoms with Crippen molar-refractivity contribution in [3.05, 3.63) is 21.7 Å². The van der Waals surface area contributed by atoms with E-state index in [9.17, 15) is 4.39 Å². The van der Waals surface area contributed by atoms with E-state index in [1.165, 1.54) is 13.2 Å². The Morgan fingerprint density at radius 1 is 1.64 bits per heavy atom. The van der Waals surface area contributed by atoms with Gasteiger partial charge < -0.3 is 9.47 Å². The Labute approximate surface area is 74.4 Å². The molecule has 0 N–H and O–H groups in total. The standard InChI is InChI=1S/C7H8FIO2/c1-10-5-11-7-4-9-3-2-6(7)8/h2-4H,5H2,1H3. The van der Waals surface area contributed by atoms with E-state index in [0.29, 0.717) is 5.76 Å². The van der Waals surface area contributed by atoms with Gasteiger partial charge >= 0.3 is 0 Å². The van der Waals surface area contributed by atoms with Gasteiger partial charge in [0.05, 0.1) is 0 Å². The monoisotopic (exact) mass is 270 g/mol. The van der Waals surface area contributed by atoms with Crippen molar-refractivity contribution in [1.82, 2.24) is 0 Å². The van der Waals surface area contributed by atoms with Crippen LogP contribution in [0.25, 0.3) is 0 Å². The van der Waals surface area contributed by atoms with Crippen molar-refractivity contribution >= 4 is 24.7 Å². The third-order valence-electron chi connectivity index (χ3n) is 1.01. The molecule has 1 aliphatic heterocycles. The van der Waals surface area contributed by atoms with E-state index in [1.807, 2.05) is 4.08 Å². The van der Waals surface area contributed by atoms with Crippen molar-refractivity contribution in [1.29, 1.82) is 0 Å². The predicted octanol–water partition coefficient (Wildman–Crippen LogP) is 2.09. The maximum Gasteiger partial charge on any atom is 0.188 e. The first kappa shape index (κ1) is 8.86. The summed E-state index contributed by atoms with van der Waals surface area (Å²) in [5, 5.41) is 0. The molecule has 0 unspecified atom stereocenters. The minimum Gasteiger partial charge on any atom is -0.464 e. The lowest BCUT2D eigenvalue weighted by molar-refractivity contribution is 0.0113. The summed E-state index contributed by atoms with van der Waals surface area (Å²) >= 11 is -0.154. The zero-order chi connectivity index (χ0) is 8.10. The van der Waals surface area contributed by atoms with Gasteiger partial charge in [0.1, 0.15) is 0 Å². The van der Waals surface area contributed by atoms with Crippen LogP contribution in [0.3, 0.4) is 0 Å². The molecular weight excluding hydrogens is 262 g/mol. The number of hydrogen-bond acceptors (Lipinski definition) is 2. The Balaban J connectivity index is 2.55. The van der Waals surface area contributed by atoms with Crippen molar-refractivity contribution in [3.8, 4) is 0 Å². The zero-order valence-electron chi connectivity index (χ0n) is 6.01. The molecule has 0 saturated heterocycles. The molecule has 4 heteroatoms. The molecular formula is C7H8FIO2. The summed E-state index contributed by atoms with van der Waals surface area (Å²) in [5.74, 6) is 0.00940. The molecule has 0 spiro atoms. The van der Waals surface area contributed by atoms with Crippen LogP contribution in [0.15, 0.2) is 21.7 Å². The Kier molecular flexibility index (Phi) is 3.71. The molecule has 62 valence electrons. The first-order valence-corrected chi connectivity index (χ1v) is 5.47. The van der Waals surface area contributed by atoms with Gasteiger partial charge in [0.2, 0.25) is 0 Å². The molecule has 0 saturated carbocycles. The van der Waals surface area contributed by atoms with Crippen molar-refractivity contribution in [2.75, 3.05) is 13.9 Å². The van der Waals surface area contributed by atoms with E-state index in [0.717, 1.165) is 0 Å². The van der Waals surface area contributed by atoms with Crippen molar-refractivity contribution in [2.45, 2.75) is 0 Å². The number of ether oxygens (including phenoxy) is 2. The fourth-order valence-electron chi connectivity index (χ4n) is 0.542. The van der Waals surface area contributed by atoms with Gasteiger partial charge in [-0.15, -0.1) is 0 Å². The molecule has 0 amide bonds. The van der Waals surface area contributed by atoms with Crippen LogP contribution in [0.5, 0.6) is 0 Å². The van der Waals surface area contributed by atoms with Gasteiger partial charge in [-0.3, -0.25) is 0 Å². The maximum atomic E-state index is 12.8. The number of allylic oxidation sites excluding steroid dienone is 3. The number of rotatable bonds is 3. The first-order valence-electron chi connectivity index (χ1n) is 2.98. The first-order chi connectivity index (χ1) is 5.34. The minimum atomic E-state index is -0.312. The van der Waals surface area contributed by atoms with Crippen LogP contribution in [-0.4, -0.2) is 17.9 Å². The third kappa shape index (κ3) is 2.70. The highest BCUT2D eigenvalue weighted by Gasteiger charge is 2.03. The Bertz CT molecular complexity index is 220. The minimum absolute atomic E-state index is 0.108. The lowest BCUT2D eigenvalue weighted by Gasteiger charge is -2.06. The second-order valence-electron chi connectivity index (χ2n) is 1.79. The molecule has 0 aromatic heterocycles. The number of halogens is 2. The average molecular weight is 270 g/mol. The Morgan fingerprint density at radius 3 is 3.09 bits per heavy atom. The third-order valence-corrected chi connectivity index (χ3v) is 2.71. The van der Waals surface area contributed by atoms with E-state index in [2.05, 4.69) is 4.74 Å². The topological polar surface area (TPSA) is 18.5 Å². The maximum absolute atomic E-state index is 12.8. The van der Waals surface area contributed by atoms with Gasteiger partial charge in [0, 0.05) is 11.1 Å². The molecule has 0 aromatic carbocycles. The number of methoxy groups -OCH3 is 1. The summed E-state index contributed by atoms with van der Waals surface area (Å²) in [6.07, 6.45) is 1.44. The summed E-state index contributed by atoms with van der Waals surface area (Å²) in [4.78, 5) is 0. The zero-order valence-corrected chi connectivity index (χ0v) is 8.17. The molecule has 0 bridgehead atoms. The van der Waals surface area contributed by atoms with Gasteiger partial charge in [-0.25, -0.2) is 4.39 Å². The SMILES string of the molecule is COCOC1=C(F)C=CI=C1. The van der Waals surface area contributed by atoms with E-state index in [1.54, 1.807) is 4.01 Å². The van der Waals surface area contributed by atoms with E-state index in [4.69, 9.17) is 4.74 Å². The quantitative estimate of drug-likeness (QED) is 0.577. The van der Waals surface area contributed by atoms with Gasteiger partial charge in [-0.1, -0.05) is 20.7 Å². The largest absolute Gasteiger partial charge is 0.464 e. The highest BCUT2D eigenvalue weighted by molar-refractivity contribution is 14.2. The summed E-state index contributed by atoms with van der Waals surface area (Å²) < 4.78 is 26.0.